The van der Waals surface area contributed by atoms with E-state index in [0.29, 0.717) is 22.6 Å². The largest absolute Gasteiger partial charge is 0.435 e. The van der Waals surface area contributed by atoms with Crippen molar-refractivity contribution in [3.05, 3.63) is 53.6 Å². The zero-order valence-electron chi connectivity index (χ0n) is 19.0. The molecule has 1 aromatic carbocycles. The average Bonchev–Trinajstić information content (AvgIpc) is 3.47. The number of nitrogens with zero attached hydrogens (tertiary/aromatic N) is 1. The van der Waals surface area contributed by atoms with Gasteiger partial charge in [-0.1, -0.05) is 45.9 Å². The Morgan fingerprint density at radius 2 is 1.78 bits per heavy atom. The van der Waals surface area contributed by atoms with Crippen molar-refractivity contribution in [1.29, 1.82) is 0 Å². The summed E-state index contributed by atoms with van der Waals surface area (Å²) >= 11 is 19.0. The highest BCUT2D eigenvalue weighted by atomic mass is 35.5. The number of hydrogen-bond acceptors (Lipinski definition) is 5. The van der Waals surface area contributed by atoms with E-state index < -0.39 is 30.0 Å². The van der Waals surface area contributed by atoms with Gasteiger partial charge in [0.1, 0.15) is 5.71 Å². The van der Waals surface area contributed by atoms with Gasteiger partial charge in [-0.25, -0.2) is 0 Å². The van der Waals surface area contributed by atoms with Crippen LogP contribution in [0.15, 0.2) is 17.3 Å². The molecule has 37 heavy (non-hydrogen) atoms. The predicted molar refractivity (Wildman–Crippen MR) is 137 cm³/mol. The molecule has 1 aliphatic heterocycles. The number of nitrogens with one attached hydrogen (secondary N) is 2. The summed E-state index contributed by atoms with van der Waals surface area (Å²) < 4.78 is 43.4. The van der Waals surface area contributed by atoms with Crippen LogP contribution in [0.1, 0.15) is 50.5 Å². The van der Waals surface area contributed by atoms with Crippen LogP contribution in [0.4, 0.5) is 13.2 Å². The first-order valence-corrected chi connectivity index (χ1v) is 13.0. The molecule has 1 atom stereocenters. The van der Waals surface area contributed by atoms with Crippen molar-refractivity contribution in [1.82, 2.24) is 10.6 Å². The molecule has 0 bridgehead atoms. The molecule has 0 radical (unpaired) electrons. The van der Waals surface area contributed by atoms with Crippen molar-refractivity contribution in [2.75, 3.05) is 13.1 Å². The quantitative estimate of drug-likeness (QED) is 0.336. The SMILES string of the molecule is C#CCNC(=O)CNC(=O)c1sc(C2=NOC(c3cc(Cl)c(Cl)c(Cl)c3)(C(F)(F)F)C2)c2c1CCCC2. The van der Waals surface area contributed by atoms with Crippen LogP contribution >= 0.6 is 46.1 Å². The first-order valence-electron chi connectivity index (χ1n) is 11.1. The normalized spacial score (nSPS) is 18.9. The molecule has 1 aliphatic carbocycles. The fourth-order valence-corrected chi connectivity index (χ4v) is 6.20. The number of carbonyl (C=O) groups is 2. The lowest BCUT2D eigenvalue weighted by Gasteiger charge is -2.30. The fraction of sp³-hybridized carbons (Fsp3) is 0.375. The molecule has 2 N–H and O–H groups in total. The van der Waals surface area contributed by atoms with Crippen LogP contribution in [0, 0.1) is 12.3 Å². The average molecular weight is 593 g/mol. The second-order valence-electron chi connectivity index (χ2n) is 8.47. The van der Waals surface area contributed by atoms with Gasteiger partial charge < -0.3 is 15.5 Å². The van der Waals surface area contributed by atoms with E-state index >= 15 is 0 Å². The number of terminal acetylenes is 1. The molecular formula is C24H19Cl3F3N3O3S. The lowest BCUT2D eigenvalue weighted by Crippen LogP contribution is -2.42. The molecule has 4 rings (SSSR count). The lowest BCUT2D eigenvalue weighted by molar-refractivity contribution is -0.275. The fourth-order valence-electron chi connectivity index (χ4n) is 4.32. The highest BCUT2D eigenvalue weighted by molar-refractivity contribution is 7.16. The number of fused-ring (bicyclic) bond motifs is 1. The van der Waals surface area contributed by atoms with Gasteiger partial charge in [-0.05, 0) is 48.9 Å². The maximum absolute atomic E-state index is 14.5. The third kappa shape index (κ3) is 5.28. The molecule has 1 unspecified atom stereocenters. The summed E-state index contributed by atoms with van der Waals surface area (Å²) in [5, 5.41) is 8.47. The number of alkyl halides is 3. The summed E-state index contributed by atoms with van der Waals surface area (Å²) in [6.45, 7) is -0.264. The molecule has 0 saturated carbocycles. The first-order chi connectivity index (χ1) is 17.5. The van der Waals surface area contributed by atoms with E-state index in [2.05, 4.69) is 21.7 Å². The minimum atomic E-state index is -4.87. The maximum Gasteiger partial charge on any atom is 0.435 e. The van der Waals surface area contributed by atoms with Crippen molar-refractivity contribution in [2.24, 2.45) is 5.16 Å². The Hall–Kier alpha value is -2.45. The number of rotatable bonds is 6. The maximum atomic E-state index is 14.5. The molecule has 0 fully saturated rings. The predicted octanol–water partition coefficient (Wildman–Crippen LogP) is 5.65. The van der Waals surface area contributed by atoms with Crippen molar-refractivity contribution in [2.45, 2.75) is 43.9 Å². The summed E-state index contributed by atoms with van der Waals surface area (Å²) in [4.78, 5) is 30.7. The molecular weight excluding hydrogens is 574 g/mol. The van der Waals surface area contributed by atoms with Gasteiger partial charge in [-0.2, -0.15) is 13.2 Å². The Balaban J connectivity index is 1.66. The Labute approximate surface area is 229 Å². The topological polar surface area (TPSA) is 79.8 Å². The van der Waals surface area contributed by atoms with Gasteiger partial charge in [0, 0.05) is 5.56 Å². The number of benzene rings is 1. The van der Waals surface area contributed by atoms with Gasteiger partial charge in [-0.3, -0.25) is 9.59 Å². The van der Waals surface area contributed by atoms with Gasteiger partial charge in [-0.15, -0.1) is 17.8 Å². The minimum Gasteiger partial charge on any atom is -0.374 e. The van der Waals surface area contributed by atoms with E-state index in [0.717, 1.165) is 47.4 Å². The Morgan fingerprint density at radius 1 is 1.14 bits per heavy atom. The van der Waals surface area contributed by atoms with Gasteiger partial charge in [0.15, 0.2) is 0 Å². The van der Waals surface area contributed by atoms with Crippen LogP contribution in [-0.4, -0.2) is 36.8 Å². The number of thiophene rings is 1. The highest BCUT2D eigenvalue weighted by Gasteiger charge is 2.62. The summed E-state index contributed by atoms with van der Waals surface area (Å²) in [7, 11) is 0. The Morgan fingerprint density at radius 3 is 2.41 bits per heavy atom. The van der Waals surface area contributed by atoms with Crippen LogP contribution in [0.3, 0.4) is 0 Å². The van der Waals surface area contributed by atoms with E-state index in [1.165, 1.54) is 0 Å². The van der Waals surface area contributed by atoms with Crippen LogP contribution in [0.25, 0.3) is 0 Å². The monoisotopic (exact) mass is 591 g/mol. The molecule has 196 valence electrons. The number of oxime groups is 1. The van der Waals surface area contributed by atoms with E-state index in [1.807, 2.05) is 0 Å². The molecule has 13 heteroatoms. The number of halogens is 6. The van der Waals surface area contributed by atoms with Crippen LogP contribution in [0.5, 0.6) is 0 Å². The zero-order chi connectivity index (χ0) is 27.0. The molecule has 6 nitrogen and oxygen atoms in total. The third-order valence-corrected chi connectivity index (χ3v) is 8.64. The summed E-state index contributed by atoms with van der Waals surface area (Å²) in [5.41, 5.74) is -1.58. The summed E-state index contributed by atoms with van der Waals surface area (Å²) in [6, 6.07) is 2.13. The highest BCUT2D eigenvalue weighted by Crippen LogP contribution is 2.51. The second kappa shape index (κ2) is 10.7. The van der Waals surface area contributed by atoms with E-state index in [1.54, 1.807) is 0 Å². The van der Waals surface area contributed by atoms with Gasteiger partial charge in [0.2, 0.25) is 5.91 Å². The molecule has 2 heterocycles. The Bertz CT molecular complexity index is 1310. The van der Waals surface area contributed by atoms with Crippen LogP contribution < -0.4 is 10.6 Å². The molecule has 2 aliphatic rings. The first kappa shape index (κ1) is 27.6. The van der Waals surface area contributed by atoms with Crippen molar-refractivity contribution >= 4 is 63.7 Å². The molecule has 2 aromatic rings. The van der Waals surface area contributed by atoms with E-state index in [-0.39, 0.29) is 39.4 Å². The smallest absolute Gasteiger partial charge is 0.374 e. The second-order valence-corrected chi connectivity index (χ2v) is 10.7. The third-order valence-electron chi connectivity index (χ3n) is 6.12. The standard InChI is InChI=1S/C24H19Cl3F3N3O3S/c1-2-7-31-18(34)11-32-22(35)21-14-6-4-3-5-13(14)20(37-21)17-10-23(36-33-17,24(28,29)30)12-8-15(25)19(27)16(26)9-12/h1,8-9H,3-7,10-11H2,(H,31,34)(H,32,35). The van der Waals surface area contributed by atoms with Crippen molar-refractivity contribution in [3.63, 3.8) is 0 Å². The molecule has 2 amide bonds. The molecule has 0 saturated heterocycles. The Kier molecular flexibility index (Phi) is 8.00. The summed E-state index contributed by atoms with van der Waals surface area (Å²) in [6.07, 6.45) is 2.38. The van der Waals surface area contributed by atoms with E-state index in [9.17, 15) is 22.8 Å². The summed E-state index contributed by atoms with van der Waals surface area (Å²) in [5.74, 6) is 1.31. The lowest BCUT2D eigenvalue weighted by atomic mass is 9.85. The molecule has 1 aromatic heterocycles. The van der Waals surface area contributed by atoms with Crippen LogP contribution in [-0.2, 0) is 28.1 Å². The van der Waals surface area contributed by atoms with Gasteiger partial charge >= 0.3 is 6.18 Å². The van der Waals surface area contributed by atoms with Crippen molar-refractivity contribution in [3.8, 4) is 12.3 Å². The van der Waals surface area contributed by atoms with Crippen molar-refractivity contribution < 1.29 is 27.6 Å². The zero-order valence-corrected chi connectivity index (χ0v) is 22.1. The number of amides is 2. The number of carbonyl (C=O) groups excluding carboxylic acids is 2. The molecule has 0 spiro atoms. The van der Waals surface area contributed by atoms with Crippen LogP contribution in [0.2, 0.25) is 15.1 Å². The van der Waals surface area contributed by atoms with Gasteiger partial charge in [0.05, 0.1) is 44.3 Å². The minimum absolute atomic E-state index is 0.0259. The number of hydrogen-bond donors (Lipinski definition) is 2. The van der Waals surface area contributed by atoms with E-state index in [4.69, 9.17) is 46.1 Å². The van der Waals surface area contributed by atoms with Gasteiger partial charge in [0.25, 0.3) is 11.5 Å².